The summed E-state index contributed by atoms with van der Waals surface area (Å²) in [5.41, 5.74) is 3.51. The highest BCUT2D eigenvalue weighted by Gasteiger charge is 2.03. The summed E-state index contributed by atoms with van der Waals surface area (Å²) in [5.74, 6) is -0.399. The summed E-state index contributed by atoms with van der Waals surface area (Å²) in [6.07, 6.45) is 0. The van der Waals surface area contributed by atoms with Crippen LogP contribution < -0.4 is 5.43 Å². The van der Waals surface area contributed by atoms with E-state index in [0.29, 0.717) is 11.3 Å². The highest BCUT2D eigenvalue weighted by molar-refractivity contribution is 6.45. The number of nitriles is 2. The Labute approximate surface area is 92.6 Å². The molecular weight excluding hydrogens is 204 g/mol. The molecule has 1 N–H and O–H groups in total. The van der Waals surface area contributed by atoms with Crippen LogP contribution in [0.15, 0.2) is 29.4 Å². The van der Waals surface area contributed by atoms with Crippen LogP contribution in [0.4, 0.5) is 5.69 Å². The van der Waals surface area contributed by atoms with E-state index in [9.17, 15) is 4.79 Å². The molecule has 5 nitrogen and oxygen atoms in total. The number of carbonyl (C=O) groups excluding carboxylic acids is 1. The maximum atomic E-state index is 10.9. The first-order chi connectivity index (χ1) is 7.67. The Morgan fingerprint density at radius 2 is 1.94 bits per heavy atom. The lowest BCUT2D eigenvalue weighted by atomic mass is 10.2. The van der Waals surface area contributed by atoms with E-state index in [2.05, 4.69) is 10.5 Å². The van der Waals surface area contributed by atoms with Crippen LogP contribution in [0, 0.1) is 22.7 Å². The third-order valence-electron chi connectivity index (χ3n) is 1.75. The molecule has 5 heteroatoms. The molecule has 1 rings (SSSR count). The lowest BCUT2D eigenvalue weighted by molar-refractivity contribution is -0.110. The van der Waals surface area contributed by atoms with Crippen LogP contribution in [-0.4, -0.2) is 11.5 Å². The van der Waals surface area contributed by atoms with Gasteiger partial charge in [0.15, 0.2) is 5.78 Å². The number of nitrogens with one attached hydrogen (secondary N) is 1. The van der Waals surface area contributed by atoms with Crippen molar-refractivity contribution in [1.82, 2.24) is 0 Å². The van der Waals surface area contributed by atoms with Gasteiger partial charge in [-0.2, -0.15) is 15.6 Å². The summed E-state index contributed by atoms with van der Waals surface area (Å²) in [6, 6.07) is 10.1. The SMILES string of the molecule is CC(=O)/C(C#N)=N/Nc1ccc(C#N)cc1. The smallest absolute Gasteiger partial charge is 0.203 e. The second kappa shape index (κ2) is 5.28. The van der Waals surface area contributed by atoms with Gasteiger partial charge < -0.3 is 0 Å². The van der Waals surface area contributed by atoms with Crippen molar-refractivity contribution in [1.29, 1.82) is 10.5 Å². The normalized spacial score (nSPS) is 10.1. The van der Waals surface area contributed by atoms with Crippen molar-refractivity contribution >= 4 is 17.2 Å². The molecular formula is C11H8N4O. The first kappa shape index (κ1) is 11.4. The average molecular weight is 212 g/mol. The van der Waals surface area contributed by atoms with E-state index in [-0.39, 0.29) is 5.71 Å². The minimum Gasteiger partial charge on any atom is -0.292 e. The third-order valence-corrected chi connectivity index (χ3v) is 1.75. The molecule has 0 aliphatic carbocycles. The van der Waals surface area contributed by atoms with Crippen molar-refractivity contribution in [2.75, 3.05) is 5.43 Å². The number of ketones is 1. The minimum absolute atomic E-state index is 0.190. The van der Waals surface area contributed by atoms with E-state index in [4.69, 9.17) is 10.5 Å². The molecule has 0 heterocycles. The summed E-state index contributed by atoms with van der Waals surface area (Å²) < 4.78 is 0. The van der Waals surface area contributed by atoms with Crippen molar-refractivity contribution in [2.24, 2.45) is 5.10 Å². The quantitative estimate of drug-likeness (QED) is 0.606. The number of nitrogens with zero attached hydrogens (tertiary/aromatic N) is 3. The predicted molar refractivity (Wildman–Crippen MR) is 58.5 cm³/mol. The standard InChI is InChI=1S/C11H8N4O/c1-8(16)11(7-13)15-14-10-4-2-9(6-12)3-5-10/h2-5,14H,1H3/b15-11+. The summed E-state index contributed by atoms with van der Waals surface area (Å²) in [7, 11) is 0. The number of anilines is 1. The van der Waals surface area contributed by atoms with E-state index < -0.39 is 5.78 Å². The Balaban J connectivity index is 2.79. The molecule has 0 bridgehead atoms. The molecule has 0 radical (unpaired) electrons. The van der Waals surface area contributed by atoms with Gasteiger partial charge in [0, 0.05) is 6.92 Å². The van der Waals surface area contributed by atoms with E-state index in [1.54, 1.807) is 30.3 Å². The Bertz CT molecular complexity index is 502. The summed E-state index contributed by atoms with van der Waals surface area (Å²) in [6.45, 7) is 1.27. The summed E-state index contributed by atoms with van der Waals surface area (Å²) in [4.78, 5) is 10.9. The van der Waals surface area contributed by atoms with Gasteiger partial charge in [-0.25, -0.2) is 0 Å². The van der Waals surface area contributed by atoms with Crippen molar-refractivity contribution in [2.45, 2.75) is 6.92 Å². The second-order valence-corrected chi connectivity index (χ2v) is 2.93. The number of hydrazone groups is 1. The van der Waals surface area contributed by atoms with Crippen LogP contribution in [0.2, 0.25) is 0 Å². The molecule has 0 aromatic heterocycles. The molecule has 0 atom stereocenters. The van der Waals surface area contributed by atoms with Crippen molar-refractivity contribution in [3.8, 4) is 12.1 Å². The fraction of sp³-hybridized carbons (Fsp3) is 0.0909. The second-order valence-electron chi connectivity index (χ2n) is 2.93. The zero-order chi connectivity index (χ0) is 12.0. The van der Waals surface area contributed by atoms with Crippen LogP contribution in [0.5, 0.6) is 0 Å². The molecule has 0 fully saturated rings. The summed E-state index contributed by atoms with van der Waals surface area (Å²) >= 11 is 0. The molecule has 0 saturated heterocycles. The number of hydrogen-bond acceptors (Lipinski definition) is 5. The Morgan fingerprint density at radius 3 is 2.38 bits per heavy atom. The predicted octanol–water partition coefficient (Wildman–Crippen LogP) is 1.44. The van der Waals surface area contributed by atoms with Gasteiger partial charge in [0.1, 0.15) is 6.07 Å². The molecule has 0 saturated carbocycles. The van der Waals surface area contributed by atoms with Gasteiger partial charge in [-0.05, 0) is 24.3 Å². The van der Waals surface area contributed by atoms with E-state index in [0.717, 1.165) is 0 Å². The van der Waals surface area contributed by atoms with Crippen LogP contribution in [0.3, 0.4) is 0 Å². The number of benzene rings is 1. The molecule has 78 valence electrons. The number of hydrogen-bond donors (Lipinski definition) is 1. The van der Waals surface area contributed by atoms with Gasteiger partial charge in [0.2, 0.25) is 5.71 Å². The molecule has 0 aliphatic rings. The first-order valence-electron chi connectivity index (χ1n) is 4.42. The van der Waals surface area contributed by atoms with E-state index >= 15 is 0 Å². The molecule has 16 heavy (non-hydrogen) atoms. The van der Waals surface area contributed by atoms with Crippen LogP contribution in [-0.2, 0) is 4.79 Å². The lowest BCUT2D eigenvalue weighted by Gasteiger charge is -1.99. The van der Waals surface area contributed by atoms with Crippen molar-refractivity contribution < 1.29 is 4.79 Å². The Hall–Kier alpha value is -2.66. The van der Waals surface area contributed by atoms with Crippen molar-refractivity contribution in [3.05, 3.63) is 29.8 Å². The van der Waals surface area contributed by atoms with Gasteiger partial charge >= 0.3 is 0 Å². The number of Topliss-reactive ketones (excluding diaryl/α,β-unsaturated/α-hetero) is 1. The molecule has 0 unspecified atom stereocenters. The third kappa shape index (κ3) is 2.93. The zero-order valence-electron chi connectivity index (χ0n) is 8.56. The maximum absolute atomic E-state index is 10.9. The zero-order valence-corrected chi connectivity index (χ0v) is 8.56. The van der Waals surface area contributed by atoms with Crippen LogP contribution in [0.25, 0.3) is 0 Å². The van der Waals surface area contributed by atoms with Gasteiger partial charge in [-0.1, -0.05) is 0 Å². The van der Waals surface area contributed by atoms with Gasteiger partial charge in [0.05, 0.1) is 17.3 Å². The van der Waals surface area contributed by atoms with Crippen LogP contribution in [0.1, 0.15) is 12.5 Å². The van der Waals surface area contributed by atoms with Gasteiger partial charge in [0.25, 0.3) is 0 Å². The highest BCUT2D eigenvalue weighted by atomic mass is 16.1. The number of rotatable bonds is 3. The fourth-order valence-electron chi connectivity index (χ4n) is 0.922. The van der Waals surface area contributed by atoms with E-state index in [1.807, 2.05) is 6.07 Å². The molecule has 0 amide bonds. The monoisotopic (exact) mass is 212 g/mol. The average Bonchev–Trinajstić information content (AvgIpc) is 2.30. The highest BCUT2D eigenvalue weighted by Crippen LogP contribution is 2.08. The number of carbonyl (C=O) groups is 1. The van der Waals surface area contributed by atoms with E-state index in [1.165, 1.54) is 6.92 Å². The lowest BCUT2D eigenvalue weighted by Crippen LogP contribution is -2.09. The fourth-order valence-corrected chi connectivity index (χ4v) is 0.922. The molecule has 0 aliphatic heterocycles. The Morgan fingerprint density at radius 1 is 1.31 bits per heavy atom. The topological polar surface area (TPSA) is 89.0 Å². The van der Waals surface area contributed by atoms with Gasteiger partial charge in [-0.15, -0.1) is 0 Å². The minimum atomic E-state index is -0.399. The Kier molecular flexibility index (Phi) is 3.77. The maximum Gasteiger partial charge on any atom is 0.203 e. The molecule has 0 spiro atoms. The van der Waals surface area contributed by atoms with Crippen molar-refractivity contribution in [3.63, 3.8) is 0 Å². The summed E-state index contributed by atoms with van der Waals surface area (Å²) in [5, 5.41) is 20.8. The molecule has 1 aromatic carbocycles. The largest absolute Gasteiger partial charge is 0.292 e. The van der Waals surface area contributed by atoms with Gasteiger partial charge in [-0.3, -0.25) is 10.2 Å². The molecule has 1 aromatic rings. The van der Waals surface area contributed by atoms with Crippen LogP contribution >= 0.6 is 0 Å². The first-order valence-corrected chi connectivity index (χ1v) is 4.42.